The van der Waals surface area contributed by atoms with Crippen molar-refractivity contribution in [3.05, 3.63) is 126 Å². The fraction of sp³-hybridized carbons (Fsp3) is 0.440. The summed E-state index contributed by atoms with van der Waals surface area (Å²) in [6.07, 6.45) is 12.9. The van der Waals surface area contributed by atoms with E-state index < -0.39 is 17.7 Å². The minimum absolute atomic E-state index is 0.00542. The summed E-state index contributed by atoms with van der Waals surface area (Å²) in [5, 5.41) is 8.50. The summed E-state index contributed by atoms with van der Waals surface area (Å²) in [7, 11) is 5.76. The number of benzene rings is 3. The lowest BCUT2D eigenvalue weighted by Crippen LogP contribution is -2.41. The van der Waals surface area contributed by atoms with Crippen LogP contribution in [0.3, 0.4) is 0 Å². The topological polar surface area (TPSA) is 168 Å². The monoisotopic (exact) mass is 894 g/mol. The number of amides is 2. The number of aldehydes is 2. The smallest absolute Gasteiger partial charge is 0.247 e. The number of likely N-dealkylation sites (N-methyl/N-ethyl adjacent to an activating group) is 1. The summed E-state index contributed by atoms with van der Waals surface area (Å²) in [5.41, 5.74) is 2.78. The van der Waals surface area contributed by atoms with Crippen molar-refractivity contribution in [2.45, 2.75) is 82.7 Å². The molecule has 1 saturated heterocycles. The third-order valence-corrected chi connectivity index (χ3v) is 11.5. The molecule has 5 N–H and O–H groups in total. The number of carbonyl (C=O) groups excluding carboxylic acids is 4. The molecule has 13 nitrogen and oxygen atoms in total. The predicted octanol–water partition coefficient (Wildman–Crippen LogP) is 7.48. The first-order chi connectivity index (χ1) is 31.5. The zero-order chi connectivity index (χ0) is 46.6. The number of anilines is 1. The summed E-state index contributed by atoms with van der Waals surface area (Å²) < 4.78 is 30.8. The van der Waals surface area contributed by atoms with E-state index in [1.807, 2.05) is 87.0 Å². The molecule has 2 amide bonds. The molecule has 2 saturated carbocycles. The number of rotatable bonds is 17. The maximum Gasteiger partial charge on any atom is 0.247 e. The van der Waals surface area contributed by atoms with Crippen LogP contribution in [0, 0.1) is 23.5 Å². The van der Waals surface area contributed by atoms with Gasteiger partial charge >= 0.3 is 0 Å². The van der Waals surface area contributed by atoms with Crippen molar-refractivity contribution >= 4 is 30.1 Å². The Hall–Kier alpha value is -6.06. The van der Waals surface area contributed by atoms with Gasteiger partial charge in [0.25, 0.3) is 0 Å². The maximum atomic E-state index is 15.4. The highest BCUT2D eigenvalue weighted by Crippen LogP contribution is 2.35. The SMILES string of the molecule is CC(c1ncc(C2CCN(c3c(F)cc(-c4cnc(CCCCNC(=O)C(NC(=O)C5CC5)c5ccccc5)[nH]4)cc3F)CC2)[nH]1)N(C)C.CNCC=O.O=CC1CC1.c1ccccc1. The number of aryl methyl sites for hydroxylation is 1. The fourth-order valence-corrected chi connectivity index (χ4v) is 7.07. The minimum atomic E-state index is -0.728. The van der Waals surface area contributed by atoms with Gasteiger partial charge in [-0.2, -0.15) is 0 Å². The number of nitrogens with one attached hydrogen (secondary N) is 5. The van der Waals surface area contributed by atoms with Crippen LogP contribution >= 0.6 is 0 Å². The largest absolute Gasteiger partial charge is 0.367 e. The van der Waals surface area contributed by atoms with E-state index in [4.69, 9.17) is 0 Å². The maximum absolute atomic E-state index is 15.4. The average Bonchev–Trinajstić information content (AvgIpc) is 4.26. The number of hydrogen-bond acceptors (Lipinski definition) is 9. The molecule has 2 atom stereocenters. The van der Waals surface area contributed by atoms with E-state index in [-0.39, 0.29) is 35.4 Å². The van der Waals surface area contributed by atoms with Crippen LogP contribution < -0.4 is 20.9 Å². The third kappa shape index (κ3) is 16.2. The van der Waals surface area contributed by atoms with Gasteiger partial charge in [-0.1, -0.05) is 66.7 Å². The van der Waals surface area contributed by atoms with Gasteiger partial charge in [-0.15, -0.1) is 0 Å². The molecule has 348 valence electrons. The van der Waals surface area contributed by atoms with E-state index >= 15 is 8.78 Å². The number of carbonyl (C=O) groups is 4. The first kappa shape index (κ1) is 49.9. The molecular formula is C50H65F2N9O4. The summed E-state index contributed by atoms with van der Waals surface area (Å²) in [5.74, 6) is 0.848. The van der Waals surface area contributed by atoms with Crippen LogP contribution in [-0.4, -0.2) is 96.5 Å². The van der Waals surface area contributed by atoms with Crippen molar-refractivity contribution in [1.29, 1.82) is 0 Å². The minimum Gasteiger partial charge on any atom is -0.367 e. The van der Waals surface area contributed by atoms with Crippen molar-refractivity contribution in [2.24, 2.45) is 11.8 Å². The van der Waals surface area contributed by atoms with Crippen LogP contribution in [0.2, 0.25) is 0 Å². The molecule has 0 radical (unpaired) electrons. The number of aromatic amines is 2. The van der Waals surface area contributed by atoms with Crippen molar-refractivity contribution < 1.29 is 28.0 Å². The van der Waals surface area contributed by atoms with Crippen molar-refractivity contribution in [3.8, 4) is 11.3 Å². The number of piperidine rings is 1. The number of unbranched alkanes of at least 4 members (excludes halogenated alkanes) is 1. The zero-order valence-electron chi connectivity index (χ0n) is 38.1. The third-order valence-electron chi connectivity index (χ3n) is 11.5. The Morgan fingerprint density at radius 3 is 2.02 bits per heavy atom. The number of halogens is 2. The molecule has 3 aromatic carbocycles. The van der Waals surface area contributed by atoms with E-state index in [1.54, 1.807) is 18.1 Å². The lowest BCUT2D eigenvalue weighted by Gasteiger charge is -2.33. The Balaban J connectivity index is 0.000000417. The molecule has 3 heterocycles. The molecule has 65 heavy (non-hydrogen) atoms. The van der Waals surface area contributed by atoms with Gasteiger partial charge in [-0.3, -0.25) is 14.5 Å². The molecule has 15 heteroatoms. The van der Waals surface area contributed by atoms with Gasteiger partial charge in [0.2, 0.25) is 11.8 Å². The number of nitrogens with zero attached hydrogens (tertiary/aromatic N) is 4. The van der Waals surface area contributed by atoms with Crippen LogP contribution in [0.25, 0.3) is 11.3 Å². The molecule has 2 aromatic heterocycles. The molecule has 2 aliphatic carbocycles. The molecule has 8 rings (SSSR count). The van der Waals surface area contributed by atoms with Crippen LogP contribution in [0.15, 0.2) is 91.3 Å². The molecule has 0 bridgehead atoms. The van der Waals surface area contributed by atoms with Crippen LogP contribution in [-0.2, 0) is 25.6 Å². The first-order valence-corrected chi connectivity index (χ1v) is 22.7. The molecule has 1 aliphatic heterocycles. The zero-order valence-corrected chi connectivity index (χ0v) is 38.1. The summed E-state index contributed by atoms with van der Waals surface area (Å²) >= 11 is 0. The highest BCUT2D eigenvalue weighted by Gasteiger charge is 2.33. The molecule has 0 spiro atoms. The van der Waals surface area contributed by atoms with Crippen molar-refractivity contribution in [3.63, 3.8) is 0 Å². The Morgan fingerprint density at radius 1 is 0.862 bits per heavy atom. The van der Waals surface area contributed by atoms with Crippen molar-refractivity contribution in [1.82, 2.24) is 40.8 Å². The van der Waals surface area contributed by atoms with Gasteiger partial charge < -0.3 is 40.4 Å². The number of imidazole rings is 2. The quantitative estimate of drug-likeness (QED) is 0.0470. The molecule has 3 aliphatic rings. The van der Waals surface area contributed by atoms with Gasteiger partial charge in [0.1, 0.15) is 47.6 Å². The Morgan fingerprint density at radius 2 is 1.49 bits per heavy atom. The Labute approximate surface area is 381 Å². The van der Waals surface area contributed by atoms with E-state index in [2.05, 4.69) is 47.7 Å². The standard InChI is InChI=1S/C37H46F2N8O2.C6H6.C4H6O.C3H7NO/c1-23(46(2)3)35-42-22-30(44-35)24-14-17-47(18-15-24)34-28(38)19-27(20-29(34)39)31-21-41-32(43-31)11-7-8-16-40-37(49)33(25-9-5-4-6-10-25)45-36(48)26-12-13-26;1-2-4-6-5-3-1;5-3-4-1-2-4;1-4-2-3-5/h4-6,9-10,19-24,26,33H,7-8,11-18H2,1-3H3,(H,40,49)(H,41,43)(H,42,44)(H,45,48);1-6H;3-4H,1-2H2;3-4H,2H2,1H3. The predicted molar refractivity (Wildman–Crippen MR) is 250 cm³/mol. The van der Waals surface area contributed by atoms with Gasteiger partial charge in [0.15, 0.2) is 0 Å². The molecule has 3 fully saturated rings. The Bertz CT molecular complexity index is 2150. The van der Waals surface area contributed by atoms with Gasteiger partial charge in [0, 0.05) is 61.3 Å². The highest BCUT2D eigenvalue weighted by atomic mass is 19.1. The summed E-state index contributed by atoms with van der Waals surface area (Å²) in [4.78, 5) is 63.8. The normalized spacial score (nSPS) is 15.5. The van der Waals surface area contributed by atoms with E-state index in [0.717, 1.165) is 74.6 Å². The number of H-pyrrole nitrogens is 2. The van der Waals surface area contributed by atoms with Crippen LogP contribution in [0.4, 0.5) is 14.5 Å². The fourth-order valence-electron chi connectivity index (χ4n) is 7.07. The van der Waals surface area contributed by atoms with E-state index in [0.29, 0.717) is 62.0 Å². The average molecular weight is 894 g/mol. The lowest BCUT2D eigenvalue weighted by atomic mass is 9.93. The molecule has 5 aromatic rings. The molecular weight excluding hydrogens is 829 g/mol. The van der Waals surface area contributed by atoms with Gasteiger partial charge in [-0.25, -0.2) is 18.7 Å². The second kappa shape index (κ2) is 26.0. The number of hydrogen-bond donors (Lipinski definition) is 5. The first-order valence-electron chi connectivity index (χ1n) is 22.7. The number of aromatic nitrogens is 4. The lowest BCUT2D eigenvalue weighted by molar-refractivity contribution is -0.129. The highest BCUT2D eigenvalue weighted by molar-refractivity contribution is 5.90. The Kier molecular flexibility index (Phi) is 20.0. The van der Waals surface area contributed by atoms with E-state index in [9.17, 15) is 19.2 Å². The van der Waals surface area contributed by atoms with Crippen LogP contribution in [0.1, 0.15) is 99.2 Å². The van der Waals surface area contributed by atoms with E-state index in [1.165, 1.54) is 12.1 Å². The van der Waals surface area contributed by atoms with Crippen molar-refractivity contribution in [2.75, 3.05) is 52.2 Å². The van der Waals surface area contributed by atoms with Gasteiger partial charge in [0.05, 0.1) is 24.5 Å². The summed E-state index contributed by atoms with van der Waals surface area (Å²) in [6, 6.07) is 23.4. The second-order valence-electron chi connectivity index (χ2n) is 16.9. The summed E-state index contributed by atoms with van der Waals surface area (Å²) in [6.45, 7) is 4.10. The second-order valence-corrected chi connectivity index (χ2v) is 16.9. The molecule has 2 unspecified atom stereocenters. The van der Waals surface area contributed by atoms with Gasteiger partial charge in [-0.05, 0) is 97.1 Å². The van der Waals surface area contributed by atoms with Crippen LogP contribution in [0.5, 0.6) is 0 Å².